The Balaban J connectivity index is 0.879. The summed E-state index contributed by atoms with van der Waals surface area (Å²) < 4.78 is 30.2. The third kappa shape index (κ3) is 6.82. The first-order chi connectivity index (χ1) is 24.0. The lowest BCUT2D eigenvalue weighted by Gasteiger charge is -2.31. The zero-order valence-corrected chi connectivity index (χ0v) is 26.4. The molecule has 2 N–H and O–H groups in total. The Labute approximate surface area is 283 Å². The maximum Gasteiger partial charge on any atom is 0.161 e. The highest BCUT2D eigenvalue weighted by molar-refractivity contribution is 5.56. The van der Waals surface area contributed by atoms with Crippen LogP contribution in [0.5, 0.6) is 57.5 Å². The molecule has 6 aromatic rings. The number of phenolic OH excluding ortho intramolecular Hbond substituents is 2. The normalized spacial score (nSPS) is 13.4. The van der Waals surface area contributed by atoms with E-state index in [1.54, 1.807) is 48.5 Å². The summed E-state index contributed by atoms with van der Waals surface area (Å²) in [5.74, 6) is 6.23. The van der Waals surface area contributed by atoms with Crippen LogP contribution in [-0.4, -0.2) is 23.7 Å². The second-order valence-electron chi connectivity index (χ2n) is 11.8. The van der Waals surface area contributed by atoms with E-state index in [2.05, 4.69) is 9.80 Å². The predicted octanol–water partition coefficient (Wildman–Crippen LogP) is 9.19. The molecule has 9 heteroatoms. The van der Waals surface area contributed by atoms with E-state index < -0.39 is 0 Å². The minimum Gasteiger partial charge on any atom is -0.508 e. The third-order valence-corrected chi connectivity index (χ3v) is 8.32. The maximum atomic E-state index is 9.53. The Kier molecular flexibility index (Phi) is 7.91. The van der Waals surface area contributed by atoms with Gasteiger partial charge in [0, 0.05) is 35.6 Å². The molecule has 0 unspecified atom stereocenters. The van der Waals surface area contributed by atoms with Gasteiger partial charge >= 0.3 is 0 Å². The molecule has 9 nitrogen and oxygen atoms in total. The van der Waals surface area contributed by atoms with Crippen molar-refractivity contribution in [1.29, 1.82) is 0 Å². The van der Waals surface area contributed by atoms with Gasteiger partial charge in [-0.3, -0.25) is 0 Å². The van der Waals surface area contributed by atoms with E-state index in [0.717, 1.165) is 45.5 Å². The maximum absolute atomic E-state index is 9.53. The average molecular weight is 653 g/mol. The van der Waals surface area contributed by atoms with Gasteiger partial charge in [-0.2, -0.15) is 0 Å². The minimum absolute atomic E-state index is 0.196. The standard InChI is InChI=1S/C40H32N2O7/c43-31-5-13-35(14-6-31)48-37-17-19-39-27(21-37)23-41(25-45-39)29-1-9-33(10-2-29)47-34-11-3-30(4-12-34)42-24-28-22-38(18-20-40(28)46-26-42)49-36-15-7-32(44)8-16-36/h1-22,43-44H,23-26H2. The summed E-state index contributed by atoms with van der Waals surface area (Å²) in [4.78, 5) is 4.29. The lowest BCUT2D eigenvalue weighted by molar-refractivity contribution is 0.288. The molecule has 0 atom stereocenters. The molecule has 244 valence electrons. The fraction of sp³-hybridized carbons (Fsp3) is 0.100. The Hall–Kier alpha value is -6.48. The van der Waals surface area contributed by atoms with Crippen LogP contribution in [0, 0.1) is 0 Å². The summed E-state index contributed by atoms with van der Waals surface area (Å²) >= 11 is 0. The lowest BCUT2D eigenvalue weighted by Crippen LogP contribution is -2.31. The molecular weight excluding hydrogens is 620 g/mol. The molecule has 0 bridgehead atoms. The fourth-order valence-corrected chi connectivity index (χ4v) is 5.78. The van der Waals surface area contributed by atoms with Crippen molar-refractivity contribution in [1.82, 2.24) is 0 Å². The van der Waals surface area contributed by atoms with Gasteiger partial charge in [0.05, 0.1) is 0 Å². The number of benzene rings is 6. The molecule has 2 heterocycles. The SMILES string of the molecule is Oc1ccc(Oc2ccc3c(c2)CN(c2ccc(Oc4ccc(N5COc6ccc(Oc7ccc(O)cc7)cc6C5)cc4)cc2)CO3)cc1. The van der Waals surface area contributed by atoms with E-state index in [-0.39, 0.29) is 11.5 Å². The van der Waals surface area contributed by atoms with E-state index in [4.69, 9.17) is 23.7 Å². The molecule has 0 aliphatic carbocycles. The Morgan fingerprint density at radius 1 is 0.408 bits per heavy atom. The van der Waals surface area contributed by atoms with Crippen LogP contribution in [-0.2, 0) is 13.1 Å². The Bertz CT molecular complexity index is 1920. The van der Waals surface area contributed by atoms with Crippen molar-refractivity contribution < 1.29 is 33.9 Å². The van der Waals surface area contributed by atoms with Crippen molar-refractivity contribution in [3.63, 3.8) is 0 Å². The average Bonchev–Trinajstić information content (AvgIpc) is 3.14. The number of aromatic hydroxyl groups is 2. The van der Waals surface area contributed by atoms with E-state index in [1.807, 2.05) is 84.9 Å². The van der Waals surface area contributed by atoms with Gasteiger partial charge in [0.1, 0.15) is 57.5 Å². The topological polar surface area (TPSA) is 93.1 Å². The van der Waals surface area contributed by atoms with Gasteiger partial charge in [-0.1, -0.05) is 0 Å². The van der Waals surface area contributed by atoms with Crippen LogP contribution in [0.4, 0.5) is 11.4 Å². The van der Waals surface area contributed by atoms with Crippen LogP contribution in [0.15, 0.2) is 133 Å². The molecule has 49 heavy (non-hydrogen) atoms. The monoisotopic (exact) mass is 652 g/mol. The van der Waals surface area contributed by atoms with E-state index in [1.165, 1.54) is 0 Å². The van der Waals surface area contributed by atoms with Crippen LogP contribution in [0.25, 0.3) is 0 Å². The molecule has 0 saturated heterocycles. The van der Waals surface area contributed by atoms with Gasteiger partial charge in [0.15, 0.2) is 13.5 Å². The van der Waals surface area contributed by atoms with Crippen LogP contribution >= 0.6 is 0 Å². The number of hydrogen-bond donors (Lipinski definition) is 2. The second-order valence-corrected chi connectivity index (χ2v) is 11.8. The van der Waals surface area contributed by atoms with Gasteiger partial charge in [0.2, 0.25) is 0 Å². The molecule has 8 rings (SSSR count). The number of nitrogens with zero attached hydrogens (tertiary/aromatic N) is 2. The highest BCUT2D eigenvalue weighted by atomic mass is 16.5. The highest BCUT2D eigenvalue weighted by Crippen LogP contribution is 2.36. The summed E-state index contributed by atoms with van der Waals surface area (Å²) in [5.41, 5.74) is 4.07. The van der Waals surface area contributed by atoms with Crippen LogP contribution in [0.1, 0.15) is 11.1 Å². The predicted molar refractivity (Wildman–Crippen MR) is 186 cm³/mol. The molecule has 0 saturated carbocycles. The first-order valence-electron chi connectivity index (χ1n) is 15.8. The number of phenols is 2. The largest absolute Gasteiger partial charge is 0.508 e. The Morgan fingerprint density at radius 2 is 0.735 bits per heavy atom. The first-order valence-corrected chi connectivity index (χ1v) is 15.8. The molecule has 0 amide bonds. The second kappa shape index (κ2) is 13.0. The zero-order chi connectivity index (χ0) is 33.2. The van der Waals surface area contributed by atoms with Crippen LogP contribution < -0.4 is 33.5 Å². The van der Waals surface area contributed by atoms with E-state index in [9.17, 15) is 10.2 Å². The molecule has 2 aliphatic heterocycles. The number of ether oxygens (including phenoxy) is 5. The minimum atomic E-state index is 0.196. The van der Waals surface area contributed by atoms with Gasteiger partial charge in [-0.25, -0.2) is 0 Å². The van der Waals surface area contributed by atoms with Crippen LogP contribution in [0.3, 0.4) is 0 Å². The van der Waals surface area contributed by atoms with Crippen molar-refractivity contribution in [2.75, 3.05) is 23.3 Å². The van der Waals surface area contributed by atoms with Gasteiger partial charge in [-0.15, -0.1) is 0 Å². The summed E-state index contributed by atoms with van der Waals surface area (Å²) in [5, 5.41) is 19.1. The summed E-state index contributed by atoms with van der Waals surface area (Å²) in [6.07, 6.45) is 0. The van der Waals surface area contributed by atoms with Gasteiger partial charge in [0.25, 0.3) is 0 Å². The fourth-order valence-electron chi connectivity index (χ4n) is 5.78. The zero-order valence-electron chi connectivity index (χ0n) is 26.4. The molecule has 6 aromatic carbocycles. The van der Waals surface area contributed by atoms with Gasteiger partial charge in [-0.05, 0) is 133 Å². The molecule has 2 aliphatic rings. The molecular formula is C40H32N2O7. The smallest absolute Gasteiger partial charge is 0.161 e. The van der Waals surface area contributed by atoms with Gasteiger partial charge < -0.3 is 43.7 Å². The third-order valence-electron chi connectivity index (χ3n) is 8.32. The van der Waals surface area contributed by atoms with E-state index in [0.29, 0.717) is 49.5 Å². The first kappa shape index (κ1) is 29.9. The molecule has 0 radical (unpaired) electrons. The summed E-state index contributed by atoms with van der Waals surface area (Å²) in [6.45, 7) is 2.21. The van der Waals surface area contributed by atoms with Crippen molar-refractivity contribution in [3.05, 3.63) is 145 Å². The van der Waals surface area contributed by atoms with E-state index >= 15 is 0 Å². The Morgan fingerprint density at radius 3 is 1.12 bits per heavy atom. The van der Waals surface area contributed by atoms with Crippen molar-refractivity contribution in [2.45, 2.75) is 13.1 Å². The molecule has 0 spiro atoms. The summed E-state index contributed by atoms with van der Waals surface area (Å²) in [7, 11) is 0. The number of fused-ring (bicyclic) bond motifs is 2. The van der Waals surface area contributed by atoms with Crippen molar-refractivity contribution in [3.8, 4) is 57.5 Å². The highest BCUT2D eigenvalue weighted by Gasteiger charge is 2.20. The van der Waals surface area contributed by atoms with Crippen LogP contribution in [0.2, 0.25) is 0 Å². The molecule has 0 aromatic heterocycles. The van der Waals surface area contributed by atoms with Crippen molar-refractivity contribution >= 4 is 11.4 Å². The van der Waals surface area contributed by atoms with Crippen molar-refractivity contribution in [2.24, 2.45) is 0 Å². The number of hydrogen-bond acceptors (Lipinski definition) is 9. The lowest BCUT2D eigenvalue weighted by atomic mass is 10.1. The quantitative estimate of drug-likeness (QED) is 0.167. The number of rotatable bonds is 8. The number of anilines is 2. The summed E-state index contributed by atoms with van der Waals surface area (Å²) in [6, 6.07) is 40.8. The molecule has 0 fully saturated rings.